The Balaban J connectivity index is 0.00000385. The number of amides is 1. The Bertz CT molecular complexity index is 1190. The zero-order valence-electron chi connectivity index (χ0n) is 19.0. The molecule has 0 atom stereocenters. The second-order valence-electron chi connectivity index (χ2n) is 7.46. The van der Waals surface area contributed by atoms with E-state index in [1.54, 1.807) is 36.9 Å². The van der Waals surface area contributed by atoms with Gasteiger partial charge in [0.1, 0.15) is 5.52 Å². The Morgan fingerprint density at radius 2 is 1.67 bits per heavy atom. The summed E-state index contributed by atoms with van der Waals surface area (Å²) in [5.41, 5.74) is 1.06. The van der Waals surface area contributed by atoms with Gasteiger partial charge in [-0.3, -0.25) is 9.69 Å². The zero-order valence-corrected chi connectivity index (χ0v) is 22.2. The Morgan fingerprint density at radius 3 is 2.21 bits per heavy atom. The van der Waals surface area contributed by atoms with E-state index in [-0.39, 0.29) is 23.2 Å². The number of carbonyl (C=O) groups excluding carboxylic acids is 1. The molecule has 0 radical (unpaired) electrons. The van der Waals surface area contributed by atoms with E-state index in [0.717, 1.165) is 4.70 Å². The van der Waals surface area contributed by atoms with Gasteiger partial charge in [-0.2, -0.15) is 4.31 Å². The second kappa shape index (κ2) is 11.6. The molecule has 1 heterocycles. The van der Waals surface area contributed by atoms with Crippen LogP contribution >= 0.6 is 35.3 Å². The van der Waals surface area contributed by atoms with E-state index >= 15 is 0 Å². The predicted molar refractivity (Wildman–Crippen MR) is 139 cm³/mol. The first-order valence-electron chi connectivity index (χ1n) is 10.3. The van der Waals surface area contributed by atoms with E-state index in [0.29, 0.717) is 47.4 Å². The van der Waals surface area contributed by atoms with E-state index in [1.807, 2.05) is 31.1 Å². The number of aromatic nitrogens is 1. The van der Waals surface area contributed by atoms with Crippen molar-refractivity contribution in [2.24, 2.45) is 0 Å². The topological polar surface area (TPSA) is 73.8 Å². The van der Waals surface area contributed by atoms with Crippen LogP contribution < -0.4 is 4.90 Å². The lowest BCUT2D eigenvalue weighted by Gasteiger charge is -2.22. The predicted octanol–water partition coefficient (Wildman–Crippen LogP) is 4.61. The second-order valence-corrected chi connectivity index (χ2v) is 10.8. The van der Waals surface area contributed by atoms with Crippen LogP contribution in [-0.2, 0) is 10.0 Å². The molecule has 0 bridgehead atoms. The number of anilines is 1. The Kier molecular flexibility index (Phi) is 9.66. The van der Waals surface area contributed by atoms with Crippen molar-refractivity contribution >= 4 is 66.6 Å². The first-order valence-corrected chi connectivity index (χ1v) is 12.9. The minimum atomic E-state index is -3.58. The summed E-state index contributed by atoms with van der Waals surface area (Å²) in [6.45, 7) is 5.44. The number of carbonyl (C=O) groups is 1. The molecule has 3 aromatic rings. The third kappa shape index (κ3) is 6.03. The summed E-state index contributed by atoms with van der Waals surface area (Å²) >= 11 is 7.68. The van der Waals surface area contributed by atoms with Gasteiger partial charge in [0.2, 0.25) is 10.0 Å². The quantitative estimate of drug-likeness (QED) is 0.403. The van der Waals surface area contributed by atoms with Gasteiger partial charge in [-0.15, -0.1) is 12.4 Å². The number of hydrogen-bond donors (Lipinski definition) is 0. The van der Waals surface area contributed by atoms with Crippen molar-refractivity contribution < 1.29 is 13.2 Å². The van der Waals surface area contributed by atoms with Crippen molar-refractivity contribution in [1.29, 1.82) is 0 Å². The van der Waals surface area contributed by atoms with E-state index in [9.17, 15) is 13.2 Å². The van der Waals surface area contributed by atoms with Crippen molar-refractivity contribution in [1.82, 2.24) is 14.2 Å². The largest absolute Gasteiger partial charge is 0.308 e. The third-order valence-electron chi connectivity index (χ3n) is 5.05. The van der Waals surface area contributed by atoms with Crippen LogP contribution in [0.3, 0.4) is 0 Å². The first-order chi connectivity index (χ1) is 15.2. The lowest BCUT2D eigenvalue weighted by atomic mass is 10.2. The van der Waals surface area contributed by atoms with Crippen molar-refractivity contribution in [2.45, 2.75) is 18.7 Å². The summed E-state index contributed by atoms with van der Waals surface area (Å²) in [5, 5.41) is 1.09. The Morgan fingerprint density at radius 1 is 1.03 bits per heavy atom. The maximum atomic E-state index is 13.4. The van der Waals surface area contributed by atoms with Crippen molar-refractivity contribution in [3.05, 3.63) is 53.1 Å². The summed E-state index contributed by atoms with van der Waals surface area (Å²) in [6, 6.07) is 11.6. The highest BCUT2D eigenvalue weighted by Gasteiger charge is 2.25. The van der Waals surface area contributed by atoms with Crippen LogP contribution in [0.4, 0.5) is 5.13 Å². The zero-order chi connectivity index (χ0) is 23.5. The average molecular weight is 532 g/mol. The first kappa shape index (κ1) is 27.5. The summed E-state index contributed by atoms with van der Waals surface area (Å²) in [7, 11) is 0.288. The van der Waals surface area contributed by atoms with Crippen molar-refractivity contribution in [3.8, 4) is 0 Å². The summed E-state index contributed by atoms with van der Waals surface area (Å²) < 4.78 is 27.8. The van der Waals surface area contributed by atoms with Crippen LogP contribution in [0, 0.1) is 0 Å². The third-order valence-corrected chi connectivity index (χ3v) is 8.46. The van der Waals surface area contributed by atoms with Gasteiger partial charge in [-0.05, 0) is 50.5 Å². The van der Waals surface area contributed by atoms with Crippen molar-refractivity contribution in [2.75, 3.05) is 45.2 Å². The summed E-state index contributed by atoms with van der Waals surface area (Å²) in [6.07, 6.45) is 0. The van der Waals surface area contributed by atoms with E-state index < -0.39 is 10.0 Å². The lowest BCUT2D eigenvalue weighted by molar-refractivity contribution is 0.0985. The number of halogens is 2. The van der Waals surface area contributed by atoms with Crippen LogP contribution in [0.1, 0.15) is 24.2 Å². The monoisotopic (exact) mass is 530 g/mol. The van der Waals surface area contributed by atoms with Gasteiger partial charge in [0.25, 0.3) is 5.91 Å². The minimum absolute atomic E-state index is 0. The van der Waals surface area contributed by atoms with Gasteiger partial charge in [0.15, 0.2) is 5.13 Å². The van der Waals surface area contributed by atoms with Crippen LogP contribution in [0.25, 0.3) is 10.2 Å². The molecule has 180 valence electrons. The number of nitrogens with zero attached hydrogens (tertiary/aromatic N) is 4. The molecule has 2 aromatic carbocycles. The van der Waals surface area contributed by atoms with Crippen LogP contribution in [0.15, 0.2) is 47.4 Å². The number of hydrogen-bond acceptors (Lipinski definition) is 6. The number of thiazole rings is 1. The van der Waals surface area contributed by atoms with Gasteiger partial charge in [-0.1, -0.05) is 42.9 Å². The molecule has 0 aliphatic carbocycles. The van der Waals surface area contributed by atoms with Crippen LogP contribution in [0.2, 0.25) is 5.02 Å². The molecule has 0 saturated carbocycles. The molecule has 0 aliphatic rings. The SMILES string of the molecule is CCN(CC)S(=O)(=O)c1ccc(C(=O)N(CCN(C)C)c2nc3c(Cl)cccc3s2)cc1.Cl. The highest BCUT2D eigenvalue weighted by atomic mass is 35.5. The van der Waals surface area contributed by atoms with Crippen LogP contribution in [-0.4, -0.2) is 68.8 Å². The van der Waals surface area contributed by atoms with Crippen molar-refractivity contribution in [3.63, 3.8) is 0 Å². The maximum absolute atomic E-state index is 13.4. The molecule has 11 heteroatoms. The molecule has 0 saturated heterocycles. The molecular weight excluding hydrogens is 503 g/mol. The molecule has 7 nitrogen and oxygen atoms in total. The molecule has 0 fully saturated rings. The highest BCUT2D eigenvalue weighted by molar-refractivity contribution is 7.89. The highest BCUT2D eigenvalue weighted by Crippen LogP contribution is 2.33. The average Bonchev–Trinajstić information content (AvgIpc) is 3.19. The van der Waals surface area contributed by atoms with Crippen LogP contribution in [0.5, 0.6) is 0 Å². The Labute approximate surface area is 210 Å². The van der Waals surface area contributed by atoms with Gasteiger partial charge in [0.05, 0.1) is 14.6 Å². The van der Waals surface area contributed by atoms with E-state index in [2.05, 4.69) is 4.98 Å². The van der Waals surface area contributed by atoms with Gasteiger partial charge in [-0.25, -0.2) is 13.4 Å². The molecule has 3 rings (SSSR count). The number of likely N-dealkylation sites (N-methyl/N-ethyl adjacent to an activating group) is 1. The fourth-order valence-corrected chi connectivity index (χ4v) is 5.99. The van der Waals surface area contributed by atoms with Gasteiger partial charge >= 0.3 is 0 Å². The molecule has 0 aliphatic heterocycles. The van der Waals surface area contributed by atoms with Gasteiger partial charge < -0.3 is 4.90 Å². The number of benzene rings is 2. The fraction of sp³-hybridized carbons (Fsp3) is 0.364. The molecule has 1 aromatic heterocycles. The number of para-hydroxylation sites is 1. The Hall–Kier alpha value is -1.75. The molecule has 0 unspecified atom stereocenters. The van der Waals surface area contributed by atoms with E-state index in [4.69, 9.17) is 11.6 Å². The number of rotatable bonds is 9. The molecule has 33 heavy (non-hydrogen) atoms. The van der Waals surface area contributed by atoms with E-state index in [1.165, 1.54) is 27.8 Å². The normalized spacial score (nSPS) is 11.7. The molecule has 1 amide bonds. The summed E-state index contributed by atoms with van der Waals surface area (Å²) in [4.78, 5) is 21.8. The molecular formula is C22H28Cl2N4O3S2. The smallest absolute Gasteiger partial charge is 0.260 e. The molecule has 0 N–H and O–H groups in total. The molecule has 0 spiro atoms. The number of sulfonamides is 1. The standard InChI is InChI=1S/C22H27ClN4O3S2.ClH/c1-5-26(6-2)32(29,30)17-12-10-16(11-13-17)21(28)27(15-14-25(3)4)22-24-20-18(23)8-7-9-19(20)31-22;/h7-13H,5-6,14-15H2,1-4H3;1H. The minimum Gasteiger partial charge on any atom is -0.308 e. The lowest BCUT2D eigenvalue weighted by Crippen LogP contribution is -2.36. The maximum Gasteiger partial charge on any atom is 0.260 e. The van der Waals surface area contributed by atoms with Gasteiger partial charge in [0, 0.05) is 31.7 Å². The fourth-order valence-electron chi connectivity index (χ4n) is 3.24. The summed E-state index contributed by atoms with van der Waals surface area (Å²) in [5.74, 6) is -0.242. The number of fused-ring (bicyclic) bond motifs is 1.